The van der Waals surface area contributed by atoms with E-state index in [0.29, 0.717) is 39.4 Å². The van der Waals surface area contributed by atoms with E-state index in [1.807, 2.05) is 19.1 Å². The van der Waals surface area contributed by atoms with E-state index in [2.05, 4.69) is 48.6 Å². The summed E-state index contributed by atoms with van der Waals surface area (Å²) >= 11 is 25.0. The largest absolute Gasteiger partial charge is 0.481 e. The zero-order valence-electron chi connectivity index (χ0n) is 25.1. The quantitative estimate of drug-likeness (QED) is 0.123. The third-order valence-electron chi connectivity index (χ3n) is 7.41. The standard InChI is InChI=1S/C33H36Cl4N4O3/c1-5-7-8-15-33(3,4)20-9-12-23(13-10-20)44-28(6-2)32(43)38-22-11-14-24(35)27(18-22)39-29-19-30(42)41(40-29)31-25(36)16-21(34)17-26(31)37/h9-14,16-19,28,39-40H,5-8,15H2,1-4H3,(H,38,43). The molecule has 0 saturated carbocycles. The Morgan fingerprint density at radius 2 is 1.61 bits per heavy atom. The maximum Gasteiger partial charge on any atom is 0.273 e. The summed E-state index contributed by atoms with van der Waals surface area (Å²) < 4.78 is 7.27. The lowest BCUT2D eigenvalue weighted by Crippen LogP contribution is -2.32. The number of halogens is 4. The van der Waals surface area contributed by atoms with E-state index < -0.39 is 11.7 Å². The minimum Gasteiger partial charge on any atom is -0.481 e. The number of rotatable bonds is 13. The first-order valence-corrected chi connectivity index (χ1v) is 16.0. The van der Waals surface area contributed by atoms with Crippen LogP contribution in [0.4, 0.5) is 17.2 Å². The molecule has 3 aromatic carbocycles. The Bertz CT molecular complexity index is 1640. The van der Waals surface area contributed by atoms with Crippen LogP contribution in [0.2, 0.25) is 20.1 Å². The summed E-state index contributed by atoms with van der Waals surface area (Å²) in [6, 6.07) is 17.3. The molecule has 4 aromatic rings. The lowest BCUT2D eigenvalue weighted by molar-refractivity contribution is -0.122. The fraction of sp³-hybridized carbons (Fsp3) is 0.333. The minimum absolute atomic E-state index is 0.0706. The van der Waals surface area contributed by atoms with Crippen LogP contribution < -0.4 is 20.9 Å². The van der Waals surface area contributed by atoms with Crippen LogP contribution in [0, 0.1) is 0 Å². The van der Waals surface area contributed by atoms with Crippen LogP contribution in [-0.4, -0.2) is 21.8 Å². The van der Waals surface area contributed by atoms with Crippen molar-refractivity contribution in [3.63, 3.8) is 0 Å². The molecule has 44 heavy (non-hydrogen) atoms. The van der Waals surface area contributed by atoms with Crippen LogP contribution in [0.5, 0.6) is 5.75 Å². The van der Waals surface area contributed by atoms with Gasteiger partial charge in [0.15, 0.2) is 6.10 Å². The third kappa shape index (κ3) is 8.33. The highest BCUT2D eigenvalue weighted by atomic mass is 35.5. The van der Waals surface area contributed by atoms with Crippen molar-refractivity contribution in [1.29, 1.82) is 0 Å². The van der Waals surface area contributed by atoms with Crippen molar-refractivity contribution in [3.8, 4) is 11.4 Å². The maximum absolute atomic E-state index is 13.2. The number of amides is 1. The maximum atomic E-state index is 13.2. The van der Waals surface area contributed by atoms with E-state index in [0.717, 1.165) is 6.42 Å². The Morgan fingerprint density at radius 3 is 2.25 bits per heavy atom. The van der Waals surface area contributed by atoms with Crippen molar-refractivity contribution in [2.75, 3.05) is 10.6 Å². The second-order valence-corrected chi connectivity index (χ2v) is 12.9. The van der Waals surface area contributed by atoms with Crippen LogP contribution in [0.15, 0.2) is 65.5 Å². The summed E-state index contributed by atoms with van der Waals surface area (Å²) in [5.41, 5.74) is 2.13. The zero-order chi connectivity index (χ0) is 32.0. The van der Waals surface area contributed by atoms with Gasteiger partial charge in [-0.3, -0.25) is 14.7 Å². The average Bonchev–Trinajstić information content (AvgIpc) is 3.32. The SMILES string of the molecule is CCCCCC(C)(C)c1ccc(OC(CC)C(=O)Nc2ccc(Cl)c(Nc3cc(=O)n(-c4c(Cl)cc(Cl)cc4Cl)[nH]3)c2)cc1. The van der Waals surface area contributed by atoms with Gasteiger partial charge in [-0.15, -0.1) is 0 Å². The van der Waals surface area contributed by atoms with Gasteiger partial charge in [0.2, 0.25) is 0 Å². The number of carbonyl (C=O) groups excluding carboxylic acids is 1. The van der Waals surface area contributed by atoms with Crippen molar-refractivity contribution in [1.82, 2.24) is 9.78 Å². The van der Waals surface area contributed by atoms with Crippen LogP contribution in [-0.2, 0) is 10.2 Å². The van der Waals surface area contributed by atoms with Crippen LogP contribution in [0.3, 0.4) is 0 Å². The molecule has 11 heteroatoms. The number of anilines is 3. The van der Waals surface area contributed by atoms with Gasteiger partial charge in [0, 0.05) is 16.8 Å². The van der Waals surface area contributed by atoms with Gasteiger partial charge in [0.1, 0.15) is 17.3 Å². The number of aromatic nitrogens is 2. The van der Waals surface area contributed by atoms with E-state index in [1.165, 1.54) is 47.7 Å². The van der Waals surface area contributed by atoms with Crippen LogP contribution in [0.25, 0.3) is 5.69 Å². The summed E-state index contributed by atoms with van der Waals surface area (Å²) in [5, 5.41) is 10.0. The molecule has 4 rings (SSSR count). The molecule has 0 spiro atoms. The monoisotopic (exact) mass is 676 g/mol. The molecule has 0 aliphatic rings. The Balaban J connectivity index is 1.44. The lowest BCUT2D eigenvalue weighted by Gasteiger charge is -2.26. The summed E-state index contributed by atoms with van der Waals surface area (Å²) in [6.45, 7) is 8.62. The number of ether oxygens (including phenoxy) is 1. The fourth-order valence-electron chi connectivity index (χ4n) is 4.87. The Labute approximate surface area is 277 Å². The first-order valence-electron chi connectivity index (χ1n) is 14.5. The number of hydrogen-bond acceptors (Lipinski definition) is 4. The third-order valence-corrected chi connectivity index (χ3v) is 8.54. The van der Waals surface area contributed by atoms with Gasteiger partial charge in [-0.05, 0) is 66.3 Å². The average molecular weight is 678 g/mol. The predicted octanol–water partition coefficient (Wildman–Crippen LogP) is 10.2. The second kappa shape index (κ2) is 14.8. The Kier molecular flexibility index (Phi) is 11.4. The summed E-state index contributed by atoms with van der Waals surface area (Å²) in [7, 11) is 0. The van der Waals surface area contributed by atoms with Crippen molar-refractivity contribution < 1.29 is 9.53 Å². The molecule has 0 fully saturated rings. The van der Waals surface area contributed by atoms with E-state index in [1.54, 1.807) is 18.2 Å². The molecule has 0 saturated heterocycles. The molecule has 1 heterocycles. The van der Waals surface area contributed by atoms with E-state index in [-0.39, 0.29) is 27.1 Å². The molecule has 7 nitrogen and oxygen atoms in total. The number of unbranched alkanes of at least 4 members (excludes halogenated alkanes) is 2. The summed E-state index contributed by atoms with van der Waals surface area (Å²) in [5.74, 6) is 0.665. The van der Waals surface area contributed by atoms with Gasteiger partial charge < -0.3 is 15.4 Å². The van der Waals surface area contributed by atoms with Crippen molar-refractivity contribution in [3.05, 3.63) is 96.7 Å². The van der Waals surface area contributed by atoms with Gasteiger partial charge >= 0.3 is 0 Å². The molecule has 1 amide bonds. The Morgan fingerprint density at radius 1 is 0.932 bits per heavy atom. The molecule has 0 aliphatic heterocycles. The smallest absolute Gasteiger partial charge is 0.273 e. The van der Waals surface area contributed by atoms with Crippen LogP contribution >= 0.6 is 46.4 Å². The molecule has 1 aromatic heterocycles. The normalized spacial score (nSPS) is 12.2. The predicted molar refractivity (Wildman–Crippen MR) is 183 cm³/mol. The van der Waals surface area contributed by atoms with Crippen molar-refractivity contribution in [2.45, 2.75) is 71.3 Å². The number of hydrogen-bond donors (Lipinski definition) is 3. The minimum atomic E-state index is -0.704. The molecule has 0 bridgehead atoms. The number of benzene rings is 3. The Hall–Kier alpha value is -3.10. The first-order chi connectivity index (χ1) is 20.9. The van der Waals surface area contributed by atoms with Gasteiger partial charge in [0.25, 0.3) is 11.5 Å². The highest BCUT2D eigenvalue weighted by Gasteiger charge is 2.22. The van der Waals surface area contributed by atoms with Gasteiger partial charge in [-0.1, -0.05) is 105 Å². The highest BCUT2D eigenvalue weighted by molar-refractivity contribution is 6.40. The van der Waals surface area contributed by atoms with Gasteiger partial charge in [-0.2, -0.15) is 0 Å². The van der Waals surface area contributed by atoms with E-state index >= 15 is 0 Å². The number of H-pyrrole nitrogens is 1. The number of nitrogens with one attached hydrogen (secondary N) is 3. The number of nitrogens with zero attached hydrogens (tertiary/aromatic N) is 1. The highest BCUT2D eigenvalue weighted by Crippen LogP contribution is 2.33. The van der Waals surface area contributed by atoms with Gasteiger partial charge in [-0.25, -0.2) is 4.68 Å². The molecule has 0 radical (unpaired) electrons. The summed E-state index contributed by atoms with van der Waals surface area (Å²) in [4.78, 5) is 25.9. The van der Waals surface area contributed by atoms with Crippen molar-refractivity contribution >= 4 is 69.5 Å². The molecular formula is C33H36Cl4N4O3. The van der Waals surface area contributed by atoms with Crippen LogP contribution in [0.1, 0.15) is 65.4 Å². The van der Waals surface area contributed by atoms with E-state index in [4.69, 9.17) is 51.1 Å². The molecular weight excluding hydrogens is 642 g/mol. The number of carbonyl (C=O) groups is 1. The summed E-state index contributed by atoms with van der Waals surface area (Å²) in [6.07, 6.45) is 4.50. The van der Waals surface area contributed by atoms with Crippen molar-refractivity contribution in [2.24, 2.45) is 0 Å². The molecule has 3 N–H and O–H groups in total. The topological polar surface area (TPSA) is 88.2 Å². The zero-order valence-corrected chi connectivity index (χ0v) is 28.1. The fourth-order valence-corrected chi connectivity index (χ4v) is 6.02. The van der Waals surface area contributed by atoms with Gasteiger partial charge in [0.05, 0.1) is 20.8 Å². The first kappa shape index (κ1) is 33.8. The number of aromatic amines is 1. The molecule has 1 unspecified atom stereocenters. The molecule has 0 aliphatic carbocycles. The van der Waals surface area contributed by atoms with E-state index in [9.17, 15) is 9.59 Å². The lowest BCUT2D eigenvalue weighted by atomic mass is 9.80. The molecule has 234 valence electrons. The second-order valence-electron chi connectivity index (χ2n) is 11.3. The molecule has 1 atom stereocenters.